The van der Waals surface area contributed by atoms with Gasteiger partial charge in [0.15, 0.2) is 11.5 Å². The second-order valence-electron chi connectivity index (χ2n) is 9.35. The molecule has 1 aliphatic heterocycles. The molecule has 0 saturated heterocycles. The highest BCUT2D eigenvalue weighted by atomic mass is 79.9. The first-order valence-corrected chi connectivity index (χ1v) is 13.5. The fourth-order valence-corrected chi connectivity index (χ4v) is 5.09. The Kier molecular flexibility index (Phi) is 7.70. The summed E-state index contributed by atoms with van der Waals surface area (Å²) in [6, 6.07) is 19.1. The fourth-order valence-electron chi connectivity index (χ4n) is 4.64. The molecule has 2 N–H and O–H groups in total. The van der Waals surface area contributed by atoms with E-state index in [4.69, 9.17) is 9.47 Å². The van der Waals surface area contributed by atoms with Gasteiger partial charge in [-0.15, -0.1) is 0 Å². The molecule has 1 amide bonds. The number of rotatable bonds is 8. The molecule has 1 atom stereocenters. The highest BCUT2D eigenvalue weighted by Crippen LogP contribution is 2.39. The Morgan fingerprint density at radius 2 is 1.87 bits per heavy atom. The summed E-state index contributed by atoms with van der Waals surface area (Å²) in [5.74, 6) is 1.56. The molecule has 0 spiro atoms. The third-order valence-corrected chi connectivity index (χ3v) is 7.25. The number of carbonyl (C=O) groups excluding carboxylic acids is 1. The molecular weight excluding hydrogens is 558 g/mol. The summed E-state index contributed by atoms with van der Waals surface area (Å²) in [4.78, 5) is 18.1. The number of hydrogen-bond donors (Lipinski definition) is 2. The SMILES string of the molecule is CCOc1cc(C2C(C(=O)Nc3cccc(C)c3C)=C(C)Nc3ncnn32)ccc1OCc1cccc(Br)c1. The molecule has 200 valence electrons. The summed E-state index contributed by atoms with van der Waals surface area (Å²) in [7, 11) is 0. The molecule has 4 aromatic rings. The van der Waals surface area contributed by atoms with Crippen molar-refractivity contribution in [2.75, 3.05) is 17.2 Å². The van der Waals surface area contributed by atoms with Crippen molar-refractivity contribution in [2.24, 2.45) is 0 Å². The molecule has 1 unspecified atom stereocenters. The number of nitrogens with one attached hydrogen (secondary N) is 2. The molecule has 0 saturated carbocycles. The molecule has 1 aromatic heterocycles. The first kappa shape index (κ1) is 26.5. The minimum Gasteiger partial charge on any atom is -0.490 e. The molecule has 39 heavy (non-hydrogen) atoms. The van der Waals surface area contributed by atoms with Gasteiger partial charge in [-0.25, -0.2) is 4.68 Å². The van der Waals surface area contributed by atoms with Crippen LogP contribution in [0.4, 0.5) is 11.6 Å². The van der Waals surface area contributed by atoms with E-state index < -0.39 is 6.04 Å². The zero-order valence-electron chi connectivity index (χ0n) is 22.3. The van der Waals surface area contributed by atoms with Crippen molar-refractivity contribution in [3.8, 4) is 11.5 Å². The van der Waals surface area contributed by atoms with Gasteiger partial charge in [0.1, 0.15) is 19.0 Å². The molecule has 0 bridgehead atoms. The lowest BCUT2D eigenvalue weighted by atomic mass is 9.94. The predicted octanol–water partition coefficient (Wildman–Crippen LogP) is 6.56. The summed E-state index contributed by atoms with van der Waals surface area (Å²) >= 11 is 3.51. The number of aromatic nitrogens is 3. The van der Waals surface area contributed by atoms with Crippen LogP contribution in [0.3, 0.4) is 0 Å². The first-order chi connectivity index (χ1) is 18.9. The third kappa shape index (κ3) is 5.54. The third-order valence-electron chi connectivity index (χ3n) is 6.76. The lowest BCUT2D eigenvalue weighted by Crippen LogP contribution is -2.31. The van der Waals surface area contributed by atoms with Crippen molar-refractivity contribution in [1.29, 1.82) is 0 Å². The van der Waals surface area contributed by atoms with Crippen molar-refractivity contribution >= 4 is 33.5 Å². The molecule has 5 rings (SSSR count). The molecule has 1 aliphatic rings. The van der Waals surface area contributed by atoms with Gasteiger partial charge in [0.2, 0.25) is 5.95 Å². The first-order valence-electron chi connectivity index (χ1n) is 12.7. The van der Waals surface area contributed by atoms with E-state index >= 15 is 0 Å². The minimum atomic E-state index is -0.521. The molecule has 9 heteroatoms. The number of hydrogen-bond acceptors (Lipinski definition) is 6. The molecule has 8 nitrogen and oxygen atoms in total. The molecule has 0 radical (unpaired) electrons. The van der Waals surface area contributed by atoms with Crippen molar-refractivity contribution in [3.63, 3.8) is 0 Å². The largest absolute Gasteiger partial charge is 0.490 e. The van der Waals surface area contributed by atoms with Crippen molar-refractivity contribution in [3.05, 3.63) is 105 Å². The number of aryl methyl sites for hydroxylation is 1. The van der Waals surface area contributed by atoms with Gasteiger partial charge in [-0.1, -0.05) is 46.3 Å². The quantitative estimate of drug-likeness (QED) is 0.242. The Morgan fingerprint density at radius 1 is 1.05 bits per heavy atom. The molecule has 2 heterocycles. The van der Waals surface area contributed by atoms with E-state index in [0.717, 1.165) is 32.4 Å². The Morgan fingerprint density at radius 3 is 2.67 bits per heavy atom. The Labute approximate surface area is 236 Å². The Bertz CT molecular complexity index is 1560. The maximum Gasteiger partial charge on any atom is 0.255 e. The summed E-state index contributed by atoms with van der Waals surface area (Å²) in [6.45, 7) is 8.69. The maximum atomic E-state index is 13.8. The van der Waals surface area contributed by atoms with Gasteiger partial charge >= 0.3 is 0 Å². The average Bonchev–Trinajstić information content (AvgIpc) is 3.38. The second kappa shape index (κ2) is 11.3. The topological polar surface area (TPSA) is 90.3 Å². The van der Waals surface area contributed by atoms with E-state index in [0.29, 0.717) is 41.9 Å². The number of anilines is 2. The van der Waals surface area contributed by atoms with Crippen LogP contribution in [-0.4, -0.2) is 27.3 Å². The van der Waals surface area contributed by atoms with Crippen LogP contribution >= 0.6 is 15.9 Å². The average molecular weight is 589 g/mol. The number of nitrogens with zero attached hydrogens (tertiary/aromatic N) is 3. The standard InChI is InChI=1S/C30H30BrN5O3/c1-5-38-26-15-22(12-13-25(26)39-16-21-9-7-10-23(31)14-21)28-27(20(4)34-30-32-17-33-36(28)30)29(37)35-24-11-6-8-18(2)19(24)3/h6-15,17,28H,5,16H2,1-4H3,(H,35,37)(H,32,33,34). The number of halogens is 1. The van der Waals surface area contributed by atoms with Gasteiger partial charge in [-0.3, -0.25) is 4.79 Å². The van der Waals surface area contributed by atoms with Crippen LogP contribution in [0.25, 0.3) is 0 Å². The van der Waals surface area contributed by atoms with E-state index in [1.165, 1.54) is 6.33 Å². The van der Waals surface area contributed by atoms with E-state index in [1.54, 1.807) is 4.68 Å². The number of allylic oxidation sites excluding steroid dienone is 1. The van der Waals surface area contributed by atoms with Crippen molar-refractivity contribution in [2.45, 2.75) is 40.3 Å². The van der Waals surface area contributed by atoms with E-state index in [2.05, 4.69) is 36.6 Å². The molecular formula is C30H30BrN5O3. The van der Waals surface area contributed by atoms with Gasteiger partial charge in [0, 0.05) is 15.9 Å². The summed E-state index contributed by atoms with van der Waals surface area (Å²) in [6.07, 6.45) is 1.48. The number of carbonyl (C=O) groups is 1. The number of ether oxygens (including phenoxy) is 2. The van der Waals surface area contributed by atoms with Gasteiger partial charge in [0.25, 0.3) is 5.91 Å². The van der Waals surface area contributed by atoms with Crippen LogP contribution in [0.15, 0.2) is 82.7 Å². The van der Waals surface area contributed by atoms with E-state index in [9.17, 15) is 4.79 Å². The highest BCUT2D eigenvalue weighted by molar-refractivity contribution is 9.10. The maximum absolute atomic E-state index is 13.8. The Hall–Kier alpha value is -4.11. The number of benzene rings is 3. The second-order valence-corrected chi connectivity index (χ2v) is 10.3. The van der Waals surface area contributed by atoms with Gasteiger partial charge in [0.05, 0.1) is 12.2 Å². The summed E-state index contributed by atoms with van der Waals surface area (Å²) in [5, 5.41) is 10.8. The zero-order valence-corrected chi connectivity index (χ0v) is 23.9. The molecule has 0 aliphatic carbocycles. The zero-order chi connectivity index (χ0) is 27.5. The summed E-state index contributed by atoms with van der Waals surface area (Å²) < 4.78 is 14.8. The number of fused-ring (bicyclic) bond motifs is 1. The van der Waals surface area contributed by atoms with Crippen molar-refractivity contribution in [1.82, 2.24) is 14.8 Å². The summed E-state index contributed by atoms with van der Waals surface area (Å²) in [5.41, 5.74) is 6.01. The monoisotopic (exact) mass is 587 g/mol. The van der Waals surface area contributed by atoms with Crippen LogP contribution in [0.1, 0.15) is 42.1 Å². The lowest BCUT2D eigenvalue weighted by molar-refractivity contribution is -0.113. The smallest absolute Gasteiger partial charge is 0.255 e. The predicted molar refractivity (Wildman–Crippen MR) is 155 cm³/mol. The lowest BCUT2D eigenvalue weighted by Gasteiger charge is -2.29. The Balaban J connectivity index is 1.50. The van der Waals surface area contributed by atoms with Crippen LogP contribution in [0.2, 0.25) is 0 Å². The van der Waals surface area contributed by atoms with Crippen LogP contribution in [0.5, 0.6) is 11.5 Å². The van der Waals surface area contributed by atoms with Crippen molar-refractivity contribution < 1.29 is 14.3 Å². The van der Waals surface area contributed by atoms with Gasteiger partial charge < -0.3 is 20.1 Å². The van der Waals surface area contributed by atoms with E-state index in [1.807, 2.05) is 88.4 Å². The molecule has 3 aromatic carbocycles. The van der Waals surface area contributed by atoms with Crippen LogP contribution in [0, 0.1) is 13.8 Å². The van der Waals surface area contributed by atoms with Crippen LogP contribution < -0.4 is 20.1 Å². The van der Waals surface area contributed by atoms with E-state index in [-0.39, 0.29) is 5.91 Å². The van der Waals surface area contributed by atoms with Gasteiger partial charge in [-0.05, 0) is 80.3 Å². The molecule has 0 fully saturated rings. The van der Waals surface area contributed by atoms with Crippen LogP contribution in [-0.2, 0) is 11.4 Å². The fraction of sp³-hybridized carbons (Fsp3) is 0.233. The highest BCUT2D eigenvalue weighted by Gasteiger charge is 2.34. The van der Waals surface area contributed by atoms with Gasteiger partial charge in [-0.2, -0.15) is 10.1 Å². The number of amides is 1. The minimum absolute atomic E-state index is 0.215. The normalized spacial score (nSPS) is 14.4.